The summed E-state index contributed by atoms with van der Waals surface area (Å²) in [5.41, 5.74) is 0.571. The first-order valence-corrected chi connectivity index (χ1v) is 7.41. The van der Waals surface area contributed by atoms with Gasteiger partial charge < -0.3 is 15.7 Å². The Kier molecular flexibility index (Phi) is 4.83. The second-order valence-corrected chi connectivity index (χ2v) is 5.75. The molecule has 2 rings (SSSR count). The molecule has 2 amide bonds. The van der Waals surface area contributed by atoms with E-state index in [4.69, 9.17) is 0 Å². The maximum absolute atomic E-state index is 12.1. The van der Waals surface area contributed by atoms with Gasteiger partial charge in [0.15, 0.2) is 0 Å². The summed E-state index contributed by atoms with van der Waals surface area (Å²) >= 11 is 0. The Labute approximate surface area is 124 Å². The van der Waals surface area contributed by atoms with E-state index in [9.17, 15) is 14.7 Å². The molecule has 0 bridgehead atoms. The summed E-state index contributed by atoms with van der Waals surface area (Å²) in [7, 11) is 0. The van der Waals surface area contributed by atoms with Crippen LogP contribution in [0.4, 0.5) is 10.5 Å². The molecule has 21 heavy (non-hydrogen) atoms. The molecule has 0 saturated heterocycles. The monoisotopic (exact) mass is 290 g/mol. The van der Waals surface area contributed by atoms with E-state index in [0.29, 0.717) is 18.5 Å². The molecular formula is C16H22N2O3. The maximum atomic E-state index is 12.1. The van der Waals surface area contributed by atoms with Crippen LogP contribution < -0.4 is 10.6 Å². The van der Waals surface area contributed by atoms with Crippen LogP contribution in [0.25, 0.3) is 0 Å². The van der Waals surface area contributed by atoms with E-state index >= 15 is 0 Å². The van der Waals surface area contributed by atoms with Crippen molar-refractivity contribution in [3.05, 3.63) is 29.8 Å². The fourth-order valence-electron chi connectivity index (χ4n) is 2.83. The number of hydrogen-bond acceptors (Lipinski definition) is 2. The minimum atomic E-state index is -1.13. The van der Waals surface area contributed by atoms with Crippen LogP contribution in [0.5, 0.6) is 0 Å². The van der Waals surface area contributed by atoms with Crippen LogP contribution in [0.1, 0.15) is 44.1 Å². The van der Waals surface area contributed by atoms with Crippen molar-refractivity contribution in [3.8, 4) is 0 Å². The van der Waals surface area contributed by atoms with E-state index in [1.807, 2.05) is 25.1 Å². The van der Waals surface area contributed by atoms with Crippen LogP contribution in [0.2, 0.25) is 0 Å². The van der Waals surface area contributed by atoms with Gasteiger partial charge in [-0.15, -0.1) is 0 Å². The number of aliphatic carboxylic acids is 1. The molecule has 1 aliphatic carbocycles. The number of rotatable bonds is 3. The van der Waals surface area contributed by atoms with E-state index in [1.54, 1.807) is 6.07 Å². The van der Waals surface area contributed by atoms with Crippen LogP contribution in [0, 0.1) is 6.92 Å². The van der Waals surface area contributed by atoms with Gasteiger partial charge in [0.05, 0.1) is 0 Å². The lowest BCUT2D eigenvalue weighted by Crippen LogP contribution is -2.55. The van der Waals surface area contributed by atoms with Crippen LogP contribution in [0.15, 0.2) is 24.3 Å². The van der Waals surface area contributed by atoms with Gasteiger partial charge in [-0.3, -0.25) is 0 Å². The summed E-state index contributed by atoms with van der Waals surface area (Å²) in [6.07, 6.45) is 4.69. The molecule has 0 heterocycles. The van der Waals surface area contributed by atoms with Gasteiger partial charge in [-0.1, -0.05) is 37.8 Å². The number of aryl methyl sites for hydroxylation is 1. The largest absolute Gasteiger partial charge is 0.480 e. The molecule has 0 aliphatic heterocycles. The molecule has 114 valence electrons. The molecule has 5 nitrogen and oxygen atoms in total. The molecule has 1 aromatic rings. The molecular weight excluding hydrogens is 268 g/mol. The predicted octanol–water partition coefficient (Wildman–Crippen LogP) is 3.29. The molecule has 1 aliphatic rings. The summed E-state index contributed by atoms with van der Waals surface area (Å²) in [4.78, 5) is 23.8. The third kappa shape index (κ3) is 3.97. The summed E-state index contributed by atoms with van der Waals surface area (Å²) in [5, 5.41) is 14.9. The highest BCUT2D eigenvalue weighted by atomic mass is 16.4. The molecule has 0 aromatic heterocycles. The predicted molar refractivity (Wildman–Crippen MR) is 81.4 cm³/mol. The number of carbonyl (C=O) groups excluding carboxylic acids is 1. The normalized spacial score (nSPS) is 17.6. The maximum Gasteiger partial charge on any atom is 0.329 e. The third-order valence-corrected chi connectivity index (χ3v) is 4.00. The first kappa shape index (κ1) is 15.4. The van der Waals surface area contributed by atoms with E-state index in [2.05, 4.69) is 10.6 Å². The molecule has 0 unspecified atom stereocenters. The number of amides is 2. The fourth-order valence-corrected chi connectivity index (χ4v) is 2.83. The fraction of sp³-hybridized carbons (Fsp3) is 0.500. The highest BCUT2D eigenvalue weighted by Gasteiger charge is 2.40. The minimum absolute atomic E-state index is 0.454. The second-order valence-electron chi connectivity index (χ2n) is 5.75. The Hall–Kier alpha value is -2.04. The number of benzene rings is 1. The highest BCUT2D eigenvalue weighted by Crippen LogP contribution is 2.27. The van der Waals surface area contributed by atoms with Crippen molar-refractivity contribution in [3.63, 3.8) is 0 Å². The average Bonchev–Trinajstić information content (AvgIpc) is 2.65. The van der Waals surface area contributed by atoms with Crippen molar-refractivity contribution in [1.82, 2.24) is 5.32 Å². The van der Waals surface area contributed by atoms with Gasteiger partial charge in [-0.05, 0) is 37.5 Å². The number of carboxylic acid groups (broad SMARTS) is 1. The lowest BCUT2D eigenvalue weighted by Gasteiger charge is -2.29. The van der Waals surface area contributed by atoms with Crippen molar-refractivity contribution < 1.29 is 14.7 Å². The number of nitrogens with one attached hydrogen (secondary N) is 2. The molecule has 0 atom stereocenters. The molecule has 0 spiro atoms. The summed E-state index contributed by atoms with van der Waals surface area (Å²) in [5.74, 6) is -0.941. The van der Waals surface area contributed by atoms with E-state index in [0.717, 1.165) is 31.2 Å². The van der Waals surface area contributed by atoms with Crippen molar-refractivity contribution in [1.29, 1.82) is 0 Å². The number of anilines is 1. The van der Waals surface area contributed by atoms with E-state index in [-0.39, 0.29) is 0 Å². The Balaban J connectivity index is 2.06. The average molecular weight is 290 g/mol. The first-order chi connectivity index (χ1) is 10.0. The Morgan fingerprint density at radius 2 is 1.81 bits per heavy atom. The summed E-state index contributed by atoms with van der Waals surface area (Å²) in [6.45, 7) is 1.94. The number of urea groups is 1. The van der Waals surface area contributed by atoms with Gasteiger partial charge in [0.1, 0.15) is 5.54 Å². The molecule has 3 N–H and O–H groups in total. The van der Waals surface area contributed by atoms with Crippen LogP contribution in [-0.4, -0.2) is 22.6 Å². The number of carboxylic acids is 1. The zero-order valence-corrected chi connectivity index (χ0v) is 12.3. The van der Waals surface area contributed by atoms with Crippen LogP contribution >= 0.6 is 0 Å². The number of carbonyl (C=O) groups is 2. The Morgan fingerprint density at radius 1 is 1.14 bits per heavy atom. The van der Waals surface area contributed by atoms with Gasteiger partial charge in [-0.2, -0.15) is 0 Å². The summed E-state index contributed by atoms with van der Waals surface area (Å²) < 4.78 is 0. The smallest absolute Gasteiger partial charge is 0.329 e. The SMILES string of the molecule is Cc1cccc(NC(=O)NC2(C(=O)O)CCCCCC2)c1. The van der Waals surface area contributed by atoms with Crippen molar-refractivity contribution in [2.45, 2.75) is 51.0 Å². The Bertz CT molecular complexity index is 520. The zero-order valence-electron chi connectivity index (χ0n) is 12.3. The second kappa shape index (κ2) is 6.61. The lowest BCUT2D eigenvalue weighted by atomic mass is 9.90. The van der Waals surface area contributed by atoms with E-state index in [1.165, 1.54) is 0 Å². The van der Waals surface area contributed by atoms with Gasteiger partial charge in [-0.25, -0.2) is 9.59 Å². The number of hydrogen-bond donors (Lipinski definition) is 3. The lowest BCUT2D eigenvalue weighted by molar-refractivity contribution is -0.145. The van der Waals surface area contributed by atoms with E-state index < -0.39 is 17.5 Å². The molecule has 0 radical (unpaired) electrons. The van der Waals surface area contributed by atoms with Crippen LogP contribution in [0.3, 0.4) is 0 Å². The highest BCUT2D eigenvalue weighted by molar-refractivity contribution is 5.94. The van der Waals surface area contributed by atoms with Gasteiger partial charge in [0, 0.05) is 5.69 Å². The third-order valence-electron chi connectivity index (χ3n) is 4.00. The van der Waals surface area contributed by atoms with Crippen molar-refractivity contribution >= 4 is 17.7 Å². The molecule has 5 heteroatoms. The van der Waals surface area contributed by atoms with Gasteiger partial charge in [0.25, 0.3) is 0 Å². The quantitative estimate of drug-likeness (QED) is 0.747. The zero-order chi connectivity index (χ0) is 15.3. The van der Waals surface area contributed by atoms with Crippen LogP contribution in [-0.2, 0) is 4.79 Å². The van der Waals surface area contributed by atoms with Gasteiger partial charge >= 0.3 is 12.0 Å². The molecule has 1 saturated carbocycles. The summed E-state index contributed by atoms with van der Waals surface area (Å²) in [6, 6.07) is 6.97. The topological polar surface area (TPSA) is 78.4 Å². The first-order valence-electron chi connectivity index (χ1n) is 7.41. The molecule has 1 fully saturated rings. The van der Waals surface area contributed by atoms with Crippen molar-refractivity contribution in [2.75, 3.05) is 5.32 Å². The van der Waals surface area contributed by atoms with Gasteiger partial charge in [0.2, 0.25) is 0 Å². The standard InChI is InChI=1S/C16H22N2O3/c1-12-7-6-8-13(11-12)17-15(21)18-16(14(19)20)9-4-2-3-5-10-16/h6-8,11H,2-5,9-10H2,1H3,(H,19,20)(H2,17,18,21). The molecule has 1 aromatic carbocycles. The Morgan fingerprint density at radius 3 is 2.38 bits per heavy atom. The van der Waals surface area contributed by atoms with Crippen molar-refractivity contribution in [2.24, 2.45) is 0 Å². The minimum Gasteiger partial charge on any atom is -0.480 e.